The summed E-state index contributed by atoms with van der Waals surface area (Å²) in [6.45, 7) is 3.04. The largest absolute Gasteiger partial charge is 0.464 e. The Balaban J connectivity index is 2.09. The van der Waals surface area contributed by atoms with Crippen molar-refractivity contribution in [1.82, 2.24) is 10.3 Å². The fraction of sp³-hybridized carbons (Fsp3) is 0.235. The van der Waals surface area contributed by atoms with E-state index in [2.05, 4.69) is 23.3 Å². The van der Waals surface area contributed by atoms with Crippen molar-refractivity contribution in [3.8, 4) is 0 Å². The van der Waals surface area contributed by atoms with Gasteiger partial charge in [-0.05, 0) is 25.1 Å². The molecular formula is C17H19N3O. The molecule has 4 nitrogen and oxygen atoms in total. The molecule has 4 heteroatoms. The third-order valence-corrected chi connectivity index (χ3v) is 3.62. The summed E-state index contributed by atoms with van der Waals surface area (Å²) in [5.41, 5.74) is 9.84. The van der Waals surface area contributed by atoms with Gasteiger partial charge in [0.1, 0.15) is 5.58 Å². The van der Waals surface area contributed by atoms with Crippen LogP contribution in [0.5, 0.6) is 0 Å². The van der Waals surface area contributed by atoms with Crippen molar-refractivity contribution >= 4 is 16.7 Å². The van der Waals surface area contributed by atoms with Crippen LogP contribution in [0.1, 0.15) is 30.5 Å². The number of pyridine rings is 1. The molecule has 3 rings (SSSR count). The molecule has 2 aromatic heterocycles. The first-order valence-electron chi connectivity index (χ1n) is 7.20. The molecule has 0 bridgehead atoms. The molecule has 108 valence electrons. The van der Waals surface area contributed by atoms with Crippen molar-refractivity contribution in [2.24, 2.45) is 0 Å². The number of hydrogen-bond acceptors (Lipinski definition) is 4. The third kappa shape index (κ3) is 2.62. The first-order chi connectivity index (χ1) is 10.3. The molecule has 0 amide bonds. The smallest absolute Gasteiger partial charge is 0.134 e. The Labute approximate surface area is 124 Å². The standard InChI is InChI=1S/C17H19N3O/c1-2-8-20-17(13-10-19-9-7-15(13)18)14-11-21-16-6-4-3-5-12(14)16/h3-7,9-11,17,20H,2,8H2,1H3,(H2,18,19). The summed E-state index contributed by atoms with van der Waals surface area (Å²) in [6, 6.07) is 9.86. The van der Waals surface area contributed by atoms with Gasteiger partial charge in [0, 0.05) is 34.6 Å². The average molecular weight is 281 g/mol. The Morgan fingerprint density at radius 2 is 2.10 bits per heavy atom. The second kappa shape index (κ2) is 5.97. The maximum Gasteiger partial charge on any atom is 0.134 e. The van der Waals surface area contributed by atoms with Gasteiger partial charge in [0.05, 0.1) is 12.3 Å². The quantitative estimate of drug-likeness (QED) is 0.751. The molecule has 3 N–H and O–H groups in total. The van der Waals surface area contributed by atoms with E-state index in [0.29, 0.717) is 0 Å². The zero-order valence-electron chi connectivity index (χ0n) is 12.0. The second-order valence-corrected chi connectivity index (χ2v) is 5.08. The highest BCUT2D eigenvalue weighted by Crippen LogP contribution is 2.32. The summed E-state index contributed by atoms with van der Waals surface area (Å²) < 4.78 is 5.67. The SMILES string of the molecule is CCCNC(c1cnccc1N)c1coc2ccccc12. The van der Waals surface area contributed by atoms with Crippen LogP contribution in [0.4, 0.5) is 5.69 Å². The minimum atomic E-state index is -0.0118. The number of nitrogens with zero attached hydrogens (tertiary/aromatic N) is 1. The summed E-state index contributed by atoms with van der Waals surface area (Å²) in [5.74, 6) is 0. The average Bonchev–Trinajstić information content (AvgIpc) is 2.93. The Morgan fingerprint density at radius 3 is 2.90 bits per heavy atom. The van der Waals surface area contributed by atoms with Crippen LogP contribution in [0, 0.1) is 0 Å². The van der Waals surface area contributed by atoms with Gasteiger partial charge in [-0.1, -0.05) is 25.1 Å². The van der Waals surface area contributed by atoms with Crippen LogP contribution in [-0.4, -0.2) is 11.5 Å². The number of benzene rings is 1. The van der Waals surface area contributed by atoms with E-state index in [9.17, 15) is 0 Å². The van der Waals surface area contributed by atoms with E-state index in [0.717, 1.165) is 40.7 Å². The Hall–Kier alpha value is -2.33. The van der Waals surface area contributed by atoms with Crippen LogP contribution in [0.2, 0.25) is 0 Å². The van der Waals surface area contributed by atoms with Crippen LogP contribution in [0.3, 0.4) is 0 Å². The van der Waals surface area contributed by atoms with Crippen molar-refractivity contribution in [3.05, 3.63) is 60.1 Å². The molecule has 1 aromatic carbocycles. The monoisotopic (exact) mass is 281 g/mol. The van der Waals surface area contributed by atoms with Gasteiger partial charge >= 0.3 is 0 Å². The molecule has 0 aliphatic carbocycles. The van der Waals surface area contributed by atoms with Crippen molar-refractivity contribution in [2.75, 3.05) is 12.3 Å². The molecule has 21 heavy (non-hydrogen) atoms. The minimum Gasteiger partial charge on any atom is -0.464 e. The van der Waals surface area contributed by atoms with Gasteiger partial charge in [-0.25, -0.2) is 0 Å². The van der Waals surface area contributed by atoms with E-state index in [-0.39, 0.29) is 6.04 Å². The maximum atomic E-state index is 6.13. The number of fused-ring (bicyclic) bond motifs is 1. The van der Waals surface area contributed by atoms with Crippen molar-refractivity contribution in [1.29, 1.82) is 0 Å². The second-order valence-electron chi connectivity index (χ2n) is 5.08. The van der Waals surface area contributed by atoms with Gasteiger partial charge in [-0.3, -0.25) is 4.98 Å². The van der Waals surface area contributed by atoms with Gasteiger partial charge in [-0.2, -0.15) is 0 Å². The molecule has 1 atom stereocenters. The lowest BCUT2D eigenvalue weighted by molar-refractivity contribution is 0.572. The highest BCUT2D eigenvalue weighted by molar-refractivity contribution is 5.82. The number of rotatable bonds is 5. The Morgan fingerprint density at radius 1 is 1.24 bits per heavy atom. The first-order valence-corrected chi connectivity index (χ1v) is 7.20. The summed E-state index contributed by atoms with van der Waals surface area (Å²) in [5, 5.41) is 4.65. The summed E-state index contributed by atoms with van der Waals surface area (Å²) in [4.78, 5) is 4.21. The topological polar surface area (TPSA) is 64.1 Å². The normalized spacial score (nSPS) is 12.6. The van der Waals surface area contributed by atoms with Crippen LogP contribution in [-0.2, 0) is 0 Å². The van der Waals surface area contributed by atoms with Gasteiger partial charge < -0.3 is 15.5 Å². The Kier molecular flexibility index (Phi) is 3.88. The van der Waals surface area contributed by atoms with Crippen LogP contribution in [0.25, 0.3) is 11.0 Å². The van der Waals surface area contributed by atoms with E-state index in [4.69, 9.17) is 10.2 Å². The van der Waals surface area contributed by atoms with Crippen LogP contribution < -0.4 is 11.1 Å². The van der Waals surface area contributed by atoms with Crippen molar-refractivity contribution in [3.63, 3.8) is 0 Å². The molecule has 0 saturated heterocycles. The van der Waals surface area contributed by atoms with E-state index >= 15 is 0 Å². The Bertz CT molecular complexity index is 735. The zero-order chi connectivity index (χ0) is 14.7. The lowest BCUT2D eigenvalue weighted by atomic mass is 9.98. The lowest BCUT2D eigenvalue weighted by Gasteiger charge is -2.19. The van der Waals surface area contributed by atoms with Gasteiger partial charge in [0.25, 0.3) is 0 Å². The predicted octanol–water partition coefficient (Wildman–Crippen LogP) is 3.50. The predicted molar refractivity (Wildman–Crippen MR) is 85.0 cm³/mol. The van der Waals surface area contributed by atoms with Crippen LogP contribution >= 0.6 is 0 Å². The number of nitrogens with one attached hydrogen (secondary N) is 1. The van der Waals surface area contributed by atoms with Gasteiger partial charge in [0.15, 0.2) is 0 Å². The number of nitrogens with two attached hydrogens (primary N) is 1. The molecule has 0 fully saturated rings. The van der Waals surface area contributed by atoms with Crippen LogP contribution in [0.15, 0.2) is 53.4 Å². The number of hydrogen-bond donors (Lipinski definition) is 2. The molecule has 1 unspecified atom stereocenters. The highest BCUT2D eigenvalue weighted by Gasteiger charge is 2.20. The van der Waals surface area contributed by atoms with E-state index in [1.165, 1.54) is 0 Å². The fourth-order valence-corrected chi connectivity index (χ4v) is 2.56. The molecular weight excluding hydrogens is 262 g/mol. The van der Waals surface area contributed by atoms with Crippen molar-refractivity contribution in [2.45, 2.75) is 19.4 Å². The molecule has 3 aromatic rings. The van der Waals surface area contributed by atoms with E-state index < -0.39 is 0 Å². The van der Waals surface area contributed by atoms with E-state index in [1.807, 2.05) is 36.7 Å². The molecule has 2 heterocycles. The molecule has 0 radical (unpaired) electrons. The summed E-state index contributed by atoms with van der Waals surface area (Å²) in [6.07, 6.45) is 6.39. The lowest BCUT2D eigenvalue weighted by Crippen LogP contribution is -2.24. The zero-order valence-corrected chi connectivity index (χ0v) is 12.0. The summed E-state index contributed by atoms with van der Waals surface area (Å²) >= 11 is 0. The number of aromatic nitrogens is 1. The number of para-hydroxylation sites is 1. The number of anilines is 1. The van der Waals surface area contributed by atoms with Crippen molar-refractivity contribution < 1.29 is 4.42 Å². The number of furan rings is 1. The molecule has 0 aliphatic heterocycles. The maximum absolute atomic E-state index is 6.13. The van der Waals surface area contributed by atoms with Gasteiger partial charge in [0.2, 0.25) is 0 Å². The molecule has 0 saturated carbocycles. The molecule has 0 aliphatic rings. The van der Waals surface area contributed by atoms with E-state index in [1.54, 1.807) is 6.20 Å². The molecule has 0 spiro atoms. The first kappa shape index (κ1) is 13.6. The summed E-state index contributed by atoms with van der Waals surface area (Å²) in [7, 11) is 0. The third-order valence-electron chi connectivity index (χ3n) is 3.62. The van der Waals surface area contributed by atoms with Gasteiger partial charge in [-0.15, -0.1) is 0 Å². The number of nitrogen functional groups attached to an aromatic ring is 1. The highest BCUT2D eigenvalue weighted by atomic mass is 16.3. The fourth-order valence-electron chi connectivity index (χ4n) is 2.56. The minimum absolute atomic E-state index is 0.0118.